The van der Waals surface area contributed by atoms with Crippen molar-refractivity contribution in [2.24, 2.45) is 0 Å². The molecule has 308 valence electrons. The molecule has 4 aromatic heterocycles. The second-order valence-electron chi connectivity index (χ2n) is 15.9. The molecule has 8 aromatic rings. The van der Waals surface area contributed by atoms with Gasteiger partial charge in [-0.1, -0.05) is 60.7 Å². The highest BCUT2D eigenvalue weighted by molar-refractivity contribution is 6.45. The predicted octanol–water partition coefficient (Wildman–Crippen LogP) is 9.16. The Morgan fingerprint density at radius 2 is 1.00 bits per heavy atom. The first-order valence-corrected chi connectivity index (χ1v) is 21.4. The highest BCUT2D eigenvalue weighted by Gasteiger charge is 2.26. The molecule has 61 heavy (non-hydrogen) atoms. The van der Waals surface area contributed by atoms with E-state index in [1.165, 1.54) is 0 Å². The SMILES string of the molecule is CB(O)N1CCC(c2ccc3[nH]c(-c4ccc(OCc5ccccc5)cc4)nc3n2)CC1.c1ccc(COc2ccc(-c3nc4nc(C5CCNCC5)ccc4[nH]3)cc2)cc1. The van der Waals surface area contributed by atoms with Gasteiger partial charge in [-0.25, -0.2) is 19.9 Å². The molecule has 2 aliphatic rings. The number of ether oxygens (including phenoxy) is 2. The van der Waals surface area contributed by atoms with Crippen LogP contribution in [-0.2, 0) is 13.2 Å². The van der Waals surface area contributed by atoms with Gasteiger partial charge >= 0.3 is 7.05 Å². The van der Waals surface area contributed by atoms with Gasteiger partial charge in [0.2, 0.25) is 0 Å². The fraction of sp³-hybridized carbons (Fsp3) is 0.265. The van der Waals surface area contributed by atoms with E-state index in [2.05, 4.69) is 68.6 Å². The van der Waals surface area contributed by atoms with Gasteiger partial charge in [0.25, 0.3) is 0 Å². The van der Waals surface area contributed by atoms with Crippen molar-refractivity contribution in [3.05, 3.63) is 156 Å². The third-order valence-electron chi connectivity index (χ3n) is 11.7. The van der Waals surface area contributed by atoms with E-state index in [0.717, 1.165) is 131 Å². The Balaban J connectivity index is 0.000000157. The number of nitrogens with one attached hydrogen (secondary N) is 3. The quantitative estimate of drug-likeness (QED) is 0.0943. The van der Waals surface area contributed by atoms with Gasteiger partial charge in [-0.3, -0.25) is 0 Å². The number of fused-ring (bicyclic) bond motifs is 2. The van der Waals surface area contributed by atoms with Crippen LogP contribution in [0, 0.1) is 0 Å². The molecule has 4 aromatic carbocycles. The number of piperidine rings is 2. The van der Waals surface area contributed by atoms with Crippen LogP contribution < -0.4 is 14.8 Å². The van der Waals surface area contributed by atoms with E-state index in [1.54, 1.807) is 0 Å². The summed E-state index contributed by atoms with van der Waals surface area (Å²) < 4.78 is 11.8. The first-order valence-electron chi connectivity index (χ1n) is 21.4. The van der Waals surface area contributed by atoms with Crippen molar-refractivity contribution in [1.82, 2.24) is 40.0 Å². The molecule has 0 bridgehead atoms. The minimum Gasteiger partial charge on any atom is -0.489 e. The highest BCUT2D eigenvalue weighted by atomic mass is 16.5. The third kappa shape index (κ3) is 10.0. The standard InChI is InChI=1S/C25H27BN4O2.C24H24N4O/c1-26(31)30-15-13-19(14-16-30)22-11-12-23-25(27-22)29-24(28-23)20-7-9-21(10-8-20)32-17-18-5-3-2-4-6-18;1-2-4-17(5-3-1)16-29-20-8-6-19(7-9-20)23-27-22-11-10-21(26-24(22)28-23)18-12-14-25-15-13-18/h2-12,19,31H,13-17H2,1H3,(H,27,28,29);1-11,18,25H,12-16H2,(H,26,27,28). The maximum atomic E-state index is 9.77. The molecule has 12 heteroatoms. The number of imidazole rings is 2. The monoisotopic (exact) mass is 810 g/mol. The number of hydrogen-bond acceptors (Lipinski definition) is 9. The fourth-order valence-electron chi connectivity index (χ4n) is 8.13. The molecule has 0 unspecified atom stereocenters. The Kier molecular flexibility index (Phi) is 12.4. The van der Waals surface area contributed by atoms with Crippen molar-refractivity contribution < 1.29 is 14.5 Å². The lowest BCUT2D eigenvalue weighted by Gasteiger charge is -2.32. The van der Waals surface area contributed by atoms with Crippen LogP contribution in [0.1, 0.15) is 60.0 Å². The van der Waals surface area contributed by atoms with Gasteiger partial charge in [0.1, 0.15) is 36.4 Å². The van der Waals surface area contributed by atoms with Gasteiger partial charge in [0, 0.05) is 34.4 Å². The second-order valence-corrected chi connectivity index (χ2v) is 15.9. The van der Waals surface area contributed by atoms with Crippen molar-refractivity contribution in [3.8, 4) is 34.3 Å². The molecule has 0 amide bonds. The van der Waals surface area contributed by atoms with Crippen molar-refractivity contribution in [1.29, 1.82) is 0 Å². The maximum Gasteiger partial charge on any atom is 0.376 e. The lowest BCUT2D eigenvalue weighted by atomic mass is 9.80. The number of nitrogens with zero attached hydrogens (tertiary/aromatic N) is 5. The van der Waals surface area contributed by atoms with E-state index in [1.807, 2.05) is 91.8 Å². The van der Waals surface area contributed by atoms with Gasteiger partial charge in [-0.15, -0.1) is 0 Å². The lowest BCUT2D eigenvalue weighted by Crippen LogP contribution is -2.42. The van der Waals surface area contributed by atoms with Gasteiger partial charge in [0.15, 0.2) is 11.3 Å². The van der Waals surface area contributed by atoms with Crippen LogP contribution in [0.4, 0.5) is 0 Å². The van der Waals surface area contributed by atoms with Crippen molar-refractivity contribution in [2.45, 2.75) is 57.6 Å². The summed E-state index contributed by atoms with van der Waals surface area (Å²) >= 11 is 0. The Hall–Kier alpha value is -6.34. The molecule has 0 saturated carbocycles. The van der Waals surface area contributed by atoms with E-state index in [0.29, 0.717) is 25.0 Å². The number of aromatic amines is 2. The number of rotatable bonds is 11. The van der Waals surface area contributed by atoms with Gasteiger partial charge in [0.05, 0.1) is 11.0 Å². The molecule has 2 fully saturated rings. The van der Waals surface area contributed by atoms with Crippen LogP contribution in [0.15, 0.2) is 133 Å². The molecular formula is C49H51BN8O3. The summed E-state index contributed by atoms with van der Waals surface area (Å²) in [5, 5.41) is 13.2. The Morgan fingerprint density at radius 1 is 0.557 bits per heavy atom. The number of pyridine rings is 2. The summed E-state index contributed by atoms with van der Waals surface area (Å²) in [4.78, 5) is 28.0. The second kappa shape index (κ2) is 18.9. The molecular weight excluding hydrogens is 759 g/mol. The largest absolute Gasteiger partial charge is 0.489 e. The van der Waals surface area contributed by atoms with Crippen LogP contribution in [0.2, 0.25) is 6.82 Å². The average molecular weight is 811 g/mol. The van der Waals surface area contributed by atoms with E-state index < -0.39 is 0 Å². The maximum absolute atomic E-state index is 9.77. The zero-order valence-corrected chi connectivity index (χ0v) is 34.5. The van der Waals surface area contributed by atoms with Crippen molar-refractivity contribution in [2.75, 3.05) is 26.2 Å². The first-order chi connectivity index (χ1) is 30.0. The topological polar surface area (TPSA) is 137 Å². The molecule has 0 spiro atoms. The summed E-state index contributed by atoms with van der Waals surface area (Å²) in [6.07, 6.45) is 4.29. The molecule has 4 N–H and O–H groups in total. The highest BCUT2D eigenvalue weighted by Crippen LogP contribution is 2.30. The first kappa shape index (κ1) is 40.1. The van der Waals surface area contributed by atoms with Crippen molar-refractivity contribution in [3.63, 3.8) is 0 Å². The molecule has 2 aliphatic heterocycles. The molecule has 11 nitrogen and oxygen atoms in total. The van der Waals surface area contributed by atoms with E-state index in [4.69, 9.17) is 29.4 Å². The van der Waals surface area contributed by atoms with Crippen LogP contribution in [0.3, 0.4) is 0 Å². The third-order valence-corrected chi connectivity index (χ3v) is 11.7. The number of aromatic nitrogens is 6. The summed E-state index contributed by atoms with van der Waals surface area (Å²) in [6.45, 7) is 6.86. The molecule has 2 saturated heterocycles. The molecule has 6 heterocycles. The van der Waals surface area contributed by atoms with E-state index in [9.17, 15) is 5.02 Å². The number of H-pyrrole nitrogens is 2. The summed E-state index contributed by atoms with van der Waals surface area (Å²) in [7, 11) is -0.379. The Bertz CT molecular complexity index is 2620. The summed E-state index contributed by atoms with van der Waals surface area (Å²) in [5.41, 5.74) is 10.0. The number of benzene rings is 4. The number of hydrogen-bond donors (Lipinski definition) is 4. The average Bonchev–Trinajstić information content (AvgIpc) is 3.96. The predicted molar refractivity (Wildman–Crippen MR) is 242 cm³/mol. The molecule has 0 radical (unpaired) electrons. The van der Waals surface area contributed by atoms with E-state index >= 15 is 0 Å². The lowest BCUT2D eigenvalue weighted by molar-refractivity contribution is 0.287. The normalized spacial score (nSPS) is 15.0. The zero-order chi connectivity index (χ0) is 41.4. The minimum atomic E-state index is -0.379. The van der Waals surface area contributed by atoms with Crippen LogP contribution in [0.25, 0.3) is 45.1 Å². The molecule has 0 aliphatic carbocycles. The zero-order valence-electron chi connectivity index (χ0n) is 34.5. The minimum absolute atomic E-state index is 0.379. The summed E-state index contributed by atoms with van der Waals surface area (Å²) in [6, 6.07) is 44.8. The van der Waals surface area contributed by atoms with Crippen LogP contribution in [0.5, 0.6) is 11.5 Å². The Morgan fingerprint density at radius 3 is 1.44 bits per heavy atom. The van der Waals surface area contributed by atoms with Crippen molar-refractivity contribution >= 4 is 29.4 Å². The summed E-state index contributed by atoms with van der Waals surface area (Å²) in [5.74, 6) is 4.27. The van der Waals surface area contributed by atoms with Gasteiger partial charge in [-0.05, 0) is 143 Å². The van der Waals surface area contributed by atoms with Crippen LogP contribution >= 0.6 is 0 Å². The van der Waals surface area contributed by atoms with Gasteiger partial charge < -0.3 is 34.6 Å². The Labute approximate surface area is 356 Å². The molecule has 10 rings (SSSR count). The van der Waals surface area contributed by atoms with Crippen LogP contribution in [-0.4, -0.2) is 73.0 Å². The van der Waals surface area contributed by atoms with E-state index in [-0.39, 0.29) is 7.05 Å². The fourth-order valence-corrected chi connectivity index (χ4v) is 8.13. The smallest absolute Gasteiger partial charge is 0.376 e. The van der Waals surface area contributed by atoms with Gasteiger partial charge in [-0.2, -0.15) is 0 Å². The molecule has 0 atom stereocenters.